The van der Waals surface area contributed by atoms with Crippen molar-refractivity contribution in [2.75, 3.05) is 0 Å². The Kier molecular flexibility index (Phi) is 3.55. The van der Waals surface area contributed by atoms with Crippen molar-refractivity contribution in [2.24, 2.45) is 5.16 Å². The summed E-state index contributed by atoms with van der Waals surface area (Å²) in [5.41, 5.74) is 1.21. The van der Waals surface area contributed by atoms with E-state index in [1.54, 1.807) is 36.4 Å². The van der Waals surface area contributed by atoms with Gasteiger partial charge in [0.05, 0.1) is 10.6 Å². The molecule has 2 aliphatic rings. The lowest BCUT2D eigenvalue weighted by atomic mass is 10.0. The summed E-state index contributed by atoms with van der Waals surface area (Å²) in [5, 5.41) is 4.30. The summed E-state index contributed by atoms with van der Waals surface area (Å²) in [5.74, 6) is 0.957. The summed E-state index contributed by atoms with van der Waals surface area (Å²) in [7, 11) is 0. The van der Waals surface area contributed by atoms with Gasteiger partial charge in [-0.25, -0.2) is 4.79 Å². The van der Waals surface area contributed by atoms with E-state index in [0.29, 0.717) is 33.6 Å². The highest BCUT2D eigenvalue weighted by Crippen LogP contribution is 2.33. The van der Waals surface area contributed by atoms with Crippen LogP contribution in [0.1, 0.15) is 5.56 Å². The quantitative estimate of drug-likeness (QED) is 0.616. The van der Waals surface area contributed by atoms with E-state index in [1.165, 1.54) is 12.3 Å². The van der Waals surface area contributed by atoms with Gasteiger partial charge in [0.1, 0.15) is 12.0 Å². The molecule has 0 bridgehead atoms. The lowest BCUT2D eigenvalue weighted by molar-refractivity contribution is -0.136. The van der Waals surface area contributed by atoms with Gasteiger partial charge in [-0.3, -0.25) is 0 Å². The largest absolute Gasteiger partial charge is 0.457 e. The lowest BCUT2D eigenvalue weighted by Crippen LogP contribution is -2.10. The normalized spacial score (nSPS) is 17.4. The molecule has 2 aromatic carbocycles. The lowest BCUT2D eigenvalue weighted by Gasteiger charge is -2.16. The van der Waals surface area contributed by atoms with Gasteiger partial charge in [0.15, 0.2) is 17.3 Å². The Hall–Kier alpha value is -3.05. The Morgan fingerprint density at radius 2 is 1.75 bits per heavy atom. The number of hydrogen-bond acceptors (Lipinski definition) is 5. The number of benzene rings is 2. The minimum absolute atomic E-state index is 0.248. The first kappa shape index (κ1) is 14.5. The van der Waals surface area contributed by atoms with Gasteiger partial charge in [-0.2, -0.15) is 0 Å². The summed E-state index contributed by atoms with van der Waals surface area (Å²) < 4.78 is 11.2. The zero-order chi connectivity index (χ0) is 16.5. The van der Waals surface area contributed by atoms with E-state index < -0.39 is 5.97 Å². The Balaban J connectivity index is 1.69. The second-order valence-corrected chi connectivity index (χ2v) is 5.45. The topological polar surface area (TPSA) is 57.1 Å². The van der Waals surface area contributed by atoms with E-state index in [2.05, 4.69) is 5.16 Å². The molecule has 2 heterocycles. The first-order valence-electron chi connectivity index (χ1n) is 7.12. The first-order chi connectivity index (χ1) is 11.7. The molecule has 0 aliphatic carbocycles. The smallest absolute Gasteiger partial charge is 0.368 e. The summed E-state index contributed by atoms with van der Waals surface area (Å²) in [6.45, 7) is 0. The molecule has 5 nitrogen and oxygen atoms in total. The number of hydrogen-bond donors (Lipinski definition) is 0. The number of fused-ring (bicyclic) bond motifs is 1. The molecule has 2 aliphatic heterocycles. The summed E-state index contributed by atoms with van der Waals surface area (Å²) in [4.78, 5) is 16.8. The fraction of sp³-hybridized carbons (Fsp3) is 0. The van der Waals surface area contributed by atoms with Crippen LogP contribution in [0.2, 0.25) is 5.02 Å². The molecule has 0 amide bonds. The summed E-state index contributed by atoms with van der Waals surface area (Å²) in [6, 6.07) is 14.3. The predicted octanol–water partition coefficient (Wildman–Crippen LogP) is 3.84. The van der Waals surface area contributed by atoms with Crippen LogP contribution >= 0.6 is 11.6 Å². The van der Waals surface area contributed by atoms with Crippen molar-refractivity contribution < 1.29 is 19.1 Å². The van der Waals surface area contributed by atoms with Crippen molar-refractivity contribution in [3.8, 4) is 11.5 Å². The molecule has 0 saturated carbocycles. The standard InChI is InChI=1S/C18H10ClNO4/c19-14-6-2-1-5-12(14)17-13(18(21)24-20-17)9-11-10-22-15-7-3-4-8-16(15)23-11/h1-10H/b13-9-. The molecule has 0 unspecified atom stereocenters. The molecule has 4 rings (SSSR count). The van der Waals surface area contributed by atoms with E-state index in [4.69, 9.17) is 25.9 Å². The van der Waals surface area contributed by atoms with Crippen LogP contribution in [-0.4, -0.2) is 11.7 Å². The minimum Gasteiger partial charge on any atom is -0.457 e. The zero-order valence-corrected chi connectivity index (χ0v) is 13.0. The van der Waals surface area contributed by atoms with Crippen molar-refractivity contribution in [3.63, 3.8) is 0 Å². The zero-order valence-electron chi connectivity index (χ0n) is 12.2. The Morgan fingerprint density at radius 3 is 2.58 bits per heavy atom. The van der Waals surface area contributed by atoms with Crippen LogP contribution in [-0.2, 0) is 9.63 Å². The van der Waals surface area contributed by atoms with E-state index in [9.17, 15) is 4.79 Å². The SMILES string of the molecule is O=C1ON=C(c2ccccc2Cl)/C1=C/C1=COc2ccccc2O1. The van der Waals surface area contributed by atoms with E-state index in [-0.39, 0.29) is 5.57 Å². The van der Waals surface area contributed by atoms with Gasteiger partial charge in [-0.1, -0.05) is 47.1 Å². The molecular formula is C18H10ClNO4. The fourth-order valence-electron chi connectivity index (χ4n) is 2.37. The maximum Gasteiger partial charge on any atom is 0.368 e. The number of carbonyl (C=O) groups excluding carboxylic acids is 1. The molecule has 0 fully saturated rings. The molecule has 0 saturated heterocycles. The van der Waals surface area contributed by atoms with Crippen LogP contribution < -0.4 is 9.47 Å². The molecule has 6 heteroatoms. The summed E-state index contributed by atoms with van der Waals surface area (Å²) >= 11 is 6.18. The van der Waals surface area contributed by atoms with Crippen LogP contribution in [0.4, 0.5) is 0 Å². The number of rotatable bonds is 2. The number of para-hydroxylation sites is 2. The second kappa shape index (κ2) is 5.86. The van der Waals surface area contributed by atoms with Crippen molar-refractivity contribution in [2.45, 2.75) is 0 Å². The van der Waals surface area contributed by atoms with Gasteiger partial charge in [-0.05, 0) is 18.2 Å². The van der Waals surface area contributed by atoms with Gasteiger partial charge in [0.25, 0.3) is 0 Å². The number of nitrogens with zero attached hydrogens (tertiary/aromatic N) is 1. The maximum absolute atomic E-state index is 12.0. The van der Waals surface area contributed by atoms with E-state index >= 15 is 0 Å². The Bertz CT molecular complexity index is 930. The van der Waals surface area contributed by atoms with Crippen LogP contribution in [0.3, 0.4) is 0 Å². The van der Waals surface area contributed by atoms with Crippen LogP contribution in [0.25, 0.3) is 0 Å². The molecule has 0 atom stereocenters. The highest BCUT2D eigenvalue weighted by atomic mass is 35.5. The molecule has 0 radical (unpaired) electrons. The van der Waals surface area contributed by atoms with Gasteiger partial charge in [0.2, 0.25) is 0 Å². The minimum atomic E-state index is -0.576. The van der Waals surface area contributed by atoms with Crippen molar-refractivity contribution in [1.29, 1.82) is 0 Å². The number of carbonyl (C=O) groups is 1. The molecular weight excluding hydrogens is 330 g/mol. The molecule has 2 aromatic rings. The number of halogens is 1. The van der Waals surface area contributed by atoms with Crippen LogP contribution in [0.15, 0.2) is 77.4 Å². The van der Waals surface area contributed by atoms with Crippen LogP contribution in [0, 0.1) is 0 Å². The highest BCUT2D eigenvalue weighted by Gasteiger charge is 2.29. The fourth-order valence-corrected chi connectivity index (χ4v) is 2.59. The van der Waals surface area contributed by atoms with E-state index in [0.717, 1.165) is 0 Å². The molecule has 0 aromatic heterocycles. The molecule has 0 spiro atoms. The molecule has 24 heavy (non-hydrogen) atoms. The molecule has 0 N–H and O–H groups in total. The number of oxime groups is 1. The average Bonchev–Trinajstić information content (AvgIpc) is 2.96. The first-order valence-corrected chi connectivity index (χ1v) is 7.50. The third kappa shape index (κ3) is 2.55. The Morgan fingerprint density at radius 1 is 1.00 bits per heavy atom. The monoisotopic (exact) mass is 339 g/mol. The summed E-state index contributed by atoms with van der Waals surface area (Å²) in [6.07, 6.45) is 2.94. The van der Waals surface area contributed by atoms with Crippen molar-refractivity contribution in [1.82, 2.24) is 0 Å². The van der Waals surface area contributed by atoms with Gasteiger partial charge < -0.3 is 14.3 Å². The third-order valence-corrected chi connectivity index (χ3v) is 3.82. The number of allylic oxidation sites excluding steroid dienone is 1. The Labute approximate surface area is 142 Å². The second-order valence-electron chi connectivity index (χ2n) is 5.04. The molecule has 118 valence electrons. The number of ether oxygens (including phenoxy) is 2. The van der Waals surface area contributed by atoms with Gasteiger partial charge >= 0.3 is 5.97 Å². The van der Waals surface area contributed by atoms with E-state index in [1.807, 2.05) is 12.1 Å². The highest BCUT2D eigenvalue weighted by molar-refractivity contribution is 6.38. The van der Waals surface area contributed by atoms with Gasteiger partial charge in [0, 0.05) is 11.6 Å². The van der Waals surface area contributed by atoms with Crippen molar-refractivity contribution >= 4 is 23.3 Å². The van der Waals surface area contributed by atoms with Crippen molar-refractivity contribution in [3.05, 3.63) is 82.8 Å². The van der Waals surface area contributed by atoms with Gasteiger partial charge in [-0.15, -0.1) is 0 Å². The maximum atomic E-state index is 12.0. The predicted molar refractivity (Wildman–Crippen MR) is 87.9 cm³/mol. The third-order valence-electron chi connectivity index (χ3n) is 3.49. The average molecular weight is 340 g/mol. The van der Waals surface area contributed by atoms with Crippen LogP contribution in [0.5, 0.6) is 11.5 Å².